The van der Waals surface area contributed by atoms with Crippen molar-refractivity contribution in [2.75, 3.05) is 32.1 Å². The number of rotatable bonds is 6. The summed E-state index contributed by atoms with van der Waals surface area (Å²) in [6.07, 6.45) is 0. The van der Waals surface area contributed by atoms with E-state index in [1.807, 2.05) is 37.2 Å². The van der Waals surface area contributed by atoms with Gasteiger partial charge in [-0.3, -0.25) is 4.79 Å². The van der Waals surface area contributed by atoms with Gasteiger partial charge in [0, 0.05) is 30.4 Å². The fourth-order valence-electron chi connectivity index (χ4n) is 1.89. The standard InChI is InChI=1S/C17H19ClN2O2/c1-20(2)15-5-3-4-13(12-15)17(21)19-10-11-22-16-8-6-14(18)7-9-16/h3-9,12H,10-11H2,1-2H3,(H,19,21). The van der Waals surface area contributed by atoms with Crippen molar-refractivity contribution in [3.63, 3.8) is 0 Å². The normalized spacial score (nSPS) is 10.1. The Bertz CT molecular complexity index is 627. The first-order valence-corrected chi connectivity index (χ1v) is 7.38. The number of hydrogen-bond donors (Lipinski definition) is 1. The summed E-state index contributed by atoms with van der Waals surface area (Å²) in [7, 11) is 3.88. The molecule has 2 aromatic carbocycles. The van der Waals surface area contributed by atoms with Crippen LogP contribution in [0.4, 0.5) is 5.69 Å². The molecule has 2 aromatic rings. The highest BCUT2D eigenvalue weighted by molar-refractivity contribution is 6.30. The van der Waals surface area contributed by atoms with E-state index in [4.69, 9.17) is 16.3 Å². The molecule has 22 heavy (non-hydrogen) atoms. The SMILES string of the molecule is CN(C)c1cccc(C(=O)NCCOc2ccc(Cl)cc2)c1. The minimum absolute atomic E-state index is 0.108. The Hall–Kier alpha value is -2.20. The number of carbonyl (C=O) groups excluding carboxylic acids is 1. The van der Waals surface area contributed by atoms with Gasteiger partial charge in [0.1, 0.15) is 12.4 Å². The third-order valence-corrected chi connectivity index (χ3v) is 3.35. The molecule has 0 saturated heterocycles. The van der Waals surface area contributed by atoms with Gasteiger partial charge in [-0.25, -0.2) is 0 Å². The van der Waals surface area contributed by atoms with Crippen LogP contribution >= 0.6 is 11.6 Å². The second kappa shape index (κ2) is 7.71. The van der Waals surface area contributed by atoms with Crippen LogP contribution in [0.5, 0.6) is 5.75 Å². The lowest BCUT2D eigenvalue weighted by Crippen LogP contribution is -2.28. The summed E-state index contributed by atoms with van der Waals surface area (Å²) in [5, 5.41) is 3.51. The first kappa shape index (κ1) is 16.2. The van der Waals surface area contributed by atoms with E-state index in [0.29, 0.717) is 23.7 Å². The molecule has 0 unspecified atom stereocenters. The molecule has 5 heteroatoms. The van der Waals surface area contributed by atoms with E-state index in [2.05, 4.69) is 5.32 Å². The Morgan fingerprint density at radius 3 is 2.59 bits per heavy atom. The predicted octanol–water partition coefficient (Wildman–Crippen LogP) is 3.21. The van der Waals surface area contributed by atoms with Crippen LogP contribution in [0.1, 0.15) is 10.4 Å². The van der Waals surface area contributed by atoms with Crippen LogP contribution in [0.3, 0.4) is 0 Å². The Balaban J connectivity index is 1.80. The zero-order chi connectivity index (χ0) is 15.9. The average molecular weight is 319 g/mol. The zero-order valence-corrected chi connectivity index (χ0v) is 13.4. The number of ether oxygens (including phenoxy) is 1. The van der Waals surface area contributed by atoms with Gasteiger partial charge in [0.2, 0.25) is 0 Å². The molecule has 0 aromatic heterocycles. The van der Waals surface area contributed by atoms with Gasteiger partial charge < -0.3 is 15.0 Å². The van der Waals surface area contributed by atoms with Crippen LogP contribution in [0.25, 0.3) is 0 Å². The van der Waals surface area contributed by atoms with Gasteiger partial charge in [-0.05, 0) is 42.5 Å². The van der Waals surface area contributed by atoms with Crippen LogP contribution in [0, 0.1) is 0 Å². The van der Waals surface area contributed by atoms with Crippen LogP contribution in [0.2, 0.25) is 5.02 Å². The topological polar surface area (TPSA) is 41.6 Å². The van der Waals surface area contributed by atoms with Gasteiger partial charge in [0.15, 0.2) is 0 Å². The summed E-state index contributed by atoms with van der Waals surface area (Å²) >= 11 is 5.80. The first-order chi connectivity index (χ1) is 10.6. The Morgan fingerprint density at radius 2 is 1.91 bits per heavy atom. The van der Waals surface area contributed by atoms with Gasteiger partial charge >= 0.3 is 0 Å². The minimum atomic E-state index is -0.108. The van der Waals surface area contributed by atoms with Crippen molar-refractivity contribution in [1.82, 2.24) is 5.32 Å². The zero-order valence-electron chi connectivity index (χ0n) is 12.7. The van der Waals surface area contributed by atoms with E-state index in [0.717, 1.165) is 11.4 Å². The molecule has 2 rings (SSSR count). The maximum atomic E-state index is 12.1. The molecular formula is C17H19ClN2O2. The van der Waals surface area contributed by atoms with Crippen molar-refractivity contribution in [1.29, 1.82) is 0 Å². The molecule has 1 N–H and O–H groups in total. The van der Waals surface area contributed by atoms with Gasteiger partial charge in [0.25, 0.3) is 5.91 Å². The van der Waals surface area contributed by atoms with Crippen molar-refractivity contribution in [3.8, 4) is 5.75 Å². The quantitative estimate of drug-likeness (QED) is 0.832. The van der Waals surface area contributed by atoms with E-state index in [1.165, 1.54) is 0 Å². The summed E-state index contributed by atoms with van der Waals surface area (Å²) in [6.45, 7) is 0.842. The predicted molar refractivity (Wildman–Crippen MR) is 90.0 cm³/mol. The molecule has 1 amide bonds. The molecular weight excluding hydrogens is 300 g/mol. The third kappa shape index (κ3) is 4.67. The summed E-state index contributed by atoms with van der Waals surface area (Å²) in [5.41, 5.74) is 1.63. The van der Waals surface area contributed by atoms with Crippen LogP contribution in [0.15, 0.2) is 48.5 Å². The van der Waals surface area contributed by atoms with Crippen LogP contribution < -0.4 is 15.0 Å². The van der Waals surface area contributed by atoms with Gasteiger partial charge in [-0.15, -0.1) is 0 Å². The second-order valence-corrected chi connectivity index (χ2v) is 5.44. The largest absolute Gasteiger partial charge is 0.492 e. The molecule has 0 heterocycles. The number of nitrogens with one attached hydrogen (secondary N) is 1. The number of anilines is 1. The highest BCUT2D eigenvalue weighted by Crippen LogP contribution is 2.15. The molecule has 0 aliphatic heterocycles. The fraction of sp³-hybridized carbons (Fsp3) is 0.235. The van der Waals surface area contributed by atoms with Gasteiger partial charge in [-0.2, -0.15) is 0 Å². The number of benzene rings is 2. The fourth-order valence-corrected chi connectivity index (χ4v) is 2.02. The monoisotopic (exact) mass is 318 g/mol. The number of halogens is 1. The van der Waals surface area contributed by atoms with Gasteiger partial charge in [-0.1, -0.05) is 17.7 Å². The van der Waals surface area contributed by atoms with Crippen molar-refractivity contribution in [2.45, 2.75) is 0 Å². The smallest absolute Gasteiger partial charge is 0.251 e. The van der Waals surface area contributed by atoms with Gasteiger partial charge in [0.05, 0.1) is 6.54 Å². The Morgan fingerprint density at radius 1 is 1.18 bits per heavy atom. The van der Waals surface area contributed by atoms with E-state index < -0.39 is 0 Å². The van der Waals surface area contributed by atoms with E-state index in [-0.39, 0.29) is 5.91 Å². The maximum absolute atomic E-state index is 12.1. The van der Waals surface area contributed by atoms with Crippen LogP contribution in [-0.4, -0.2) is 33.2 Å². The highest BCUT2D eigenvalue weighted by atomic mass is 35.5. The van der Waals surface area contributed by atoms with E-state index in [1.54, 1.807) is 30.3 Å². The van der Waals surface area contributed by atoms with E-state index in [9.17, 15) is 4.79 Å². The van der Waals surface area contributed by atoms with Crippen molar-refractivity contribution in [2.24, 2.45) is 0 Å². The molecule has 0 aliphatic rings. The molecule has 0 radical (unpaired) electrons. The third-order valence-electron chi connectivity index (χ3n) is 3.09. The van der Waals surface area contributed by atoms with E-state index >= 15 is 0 Å². The Labute approximate surface area is 135 Å². The molecule has 116 valence electrons. The van der Waals surface area contributed by atoms with Crippen molar-refractivity contribution < 1.29 is 9.53 Å². The second-order valence-electron chi connectivity index (χ2n) is 5.00. The average Bonchev–Trinajstić information content (AvgIpc) is 2.53. The Kier molecular flexibility index (Phi) is 5.67. The maximum Gasteiger partial charge on any atom is 0.251 e. The number of amides is 1. The number of carbonyl (C=O) groups is 1. The molecule has 4 nitrogen and oxygen atoms in total. The first-order valence-electron chi connectivity index (χ1n) is 7.00. The molecule has 0 spiro atoms. The number of nitrogens with zero attached hydrogens (tertiary/aromatic N) is 1. The molecule has 0 saturated carbocycles. The molecule has 0 aliphatic carbocycles. The lowest BCUT2D eigenvalue weighted by Gasteiger charge is -2.13. The summed E-state index contributed by atoms with van der Waals surface area (Å²) < 4.78 is 5.53. The molecule has 0 atom stereocenters. The summed E-state index contributed by atoms with van der Waals surface area (Å²) in [6, 6.07) is 14.6. The summed E-state index contributed by atoms with van der Waals surface area (Å²) in [4.78, 5) is 14.0. The number of hydrogen-bond acceptors (Lipinski definition) is 3. The van der Waals surface area contributed by atoms with Crippen LogP contribution in [-0.2, 0) is 0 Å². The minimum Gasteiger partial charge on any atom is -0.492 e. The molecule has 0 fully saturated rings. The lowest BCUT2D eigenvalue weighted by molar-refractivity contribution is 0.0947. The molecule has 0 bridgehead atoms. The lowest BCUT2D eigenvalue weighted by atomic mass is 10.2. The van der Waals surface area contributed by atoms with Crippen molar-refractivity contribution in [3.05, 3.63) is 59.1 Å². The highest BCUT2D eigenvalue weighted by Gasteiger charge is 2.06. The summed E-state index contributed by atoms with van der Waals surface area (Å²) in [5.74, 6) is 0.622. The van der Waals surface area contributed by atoms with Crippen molar-refractivity contribution >= 4 is 23.2 Å².